The largest absolute Gasteiger partial charge is 0.350 e. The van der Waals surface area contributed by atoms with E-state index >= 15 is 0 Å². The van der Waals surface area contributed by atoms with Crippen molar-refractivity contribution in [3.8, 4) is 11.6 Å². The van der Waals surface area contributed by atoms with Gasteiger partial charge in [-0.25, -0.2) is 0 Å². The van der Waals surface area contributed by atoms with Crippen molar-refractivity contribution in [3.63, 3.8) is 0 Å². The van der Waals surface area contributed by atoms with Gasteiger partial charge in [0.1, 0.15) is 11.4 Å². The highest BCUT2D eigenvalue weighted by atomic mass is 16.5. The number of aromatic nitrogens is 5. The number of aromatic amines is 1. The summed E-state index contributed by atoms with van der Waals surface area (Å²) in [5, 5.41) is 13.6. The van der Waals surface area contributed by atoms with Gasteiger partial charge in [-0.3, -0.25) is 14.9 Å². The summed E-state index contributed by atoms with van der Waals surface area (Å²) >= 11 is 0. The first kappa shape index (κ1) is 16.8. The molecule has 2 N–H and O–H groups in total. The number of rotatable bonds is 7. The molecule has 3 rings (SSSR count). The smallest absolute Gasteiger partial charge is 0.276 e. The number of hydrogen-bond acceptors (Lipinski definition) is 6. The first-order valence-electron chi connectivity index (χ1n) is 8.18. The Hall–Kier alpha value is -3.03. The molecule has 130 valence electrons. The van der Waals surface area contributed by atoms with E-state index in [1.807, 2.05) is 12.1 Å². The molecule has 8 heteroatoms. The van der Waals surface area contributed by atoms with Gasteiger partial charge in [0.15, 0.2) is 5.82 Å². The molecule has 0 unspecified atom stereocenters. The molecule has 0 aromatic carbocycles. The van der Waals surface area contributed by atoms with Gasteiger partial charge in [-0.1, -0.05) is 25.1 Å². The number of hydrogen-bond donors (Lipinski definition) is 2. The molecule has 0 aliphatic rings. The van der Waals surface area contributed by atoms with Gasteiger partial charge in [0.25, 0.3) is 11.8 Å². The minimum Gasteiger partial charge on any atom is -0.350 e. The summed E-state index contributed by atoms with van der Waals surface area (Å²) in [5.41, 5.74) is 1.97. The summed E-state index contributed by atoms with van der Waals surface area (Å²) in [4.78, 5) is 20.5. The summed E-state index contributed by atoms with van der Waals surface area (Å²) in [6.07, 6.45) is 2.99. The Kier molecular flexibility index (Phi) is 5.17. The molecule has 0 spiro atoms. The van der Waals surface area contributed by atoms with Crippen LogP contribution in [0, 0.1) is 5.92 Å². The molecule has 0 atom stereocenters. The third kappa shape index (κ3) is 4.50. The van der Waals surface area contributed by atoms with E-state index in [-0.39, 0.29) is 5.91 Å². The molecule has 0 saturated carbocycles. The summed E-state index contributed by atoms with van der Waals surface area (Å²) in [7, 11) is 0. The summed E-state index contributed by atoms with van der Waals surface area (Å²) in [6, 6.07) is 7.25. The normalized spacial score (nSPS) is 11.0. The van der Waals surface area contributed by atoms with Crippen LogP contribution < -0.4 is 5.32 Å². The molecule has 0 aliphatic heterocycles. The molecule has 8 nitrogen and oxygen atoms in total. The van der Waals surface area contributed by atoms with Crippen molar-refractivity contribution in [2.24, 2.45) is 5.92 Å². The molecular weight excluding hydrogens is 320 g/mol. The van der Waals surface area contributed by atoms with E-state index in [1.165, 1.54) is 0 Å². The Bertz CT molecular complexity index is 825. The highest BCUT2D eigenvalue weighted by molar-refractivity contribution is 5.92. The van der Waals surface area contributed by atoms with Crippen molar-refractivity contribution >= 4 is 5.91 Å². The zero-order valence-corrected chi connectivity index (χ0v) is 14.2. The Morgan fingerprint density at radius 2 is 2.24 bits per heavy atom. The fourth-order valence-electron chi connectivity index (χ4n) is 2.35. The molecule has 0 radical (unpaired) electrons. The molecule has 3 aromatic rings. The van der Waals surface area contributed by atoms with Crippen LogP contribution in [-0.4, -0.2) is 37.8 Å². The zero-order valence-electron chi connectivity index (χ0n) is 14.2. The predicted octanol–water partition coefficient (Wildman–Crippen LogP) is 2.03. The Morgan fingerprint density at radius 3 is 3.00 bits per heavy atom. The van der Waals surface area contributed by atoms with Crippen LogP contribution in [-0.2, 0) is 12.8 Å². The van der Waals surface area contributed by atoms with Crippen LogP contribution in [0.1, 0.15) is 35.9 Å². The predicted molar refractivity (Wildman–Crippen MR) is 90.7 cm³/mol. The quantitative estimate of drug-likeness (QED) is 0.681. The summed E-state index contributed by atoms with van der Waals surface area (Å²) < 4.78 is 5.18. The lowest BCUT2D eigenvalue weighted by molar-refractivity contribution is 0.0949. The van der Waals surface area contributed by atoms with Crippen LogP contribution in [0.3, 0.4) is 0 Å². The first-order valence-corrected chi connectivity index (χ1v) is 8.18. The lowest BCUT2D eigenvalue weighted by atomic mass is 10.1. The van der Waals surface area contributed by atoms with Gasteiger partial charge in [0.05, 0.1) is 0 Å². The van der Waals surface area contributed by atoms with Crippen molar-refractivity contribution in [2.75, 3.05) is 6.54 Å². The molecule has 25 heavy (non-hydrogen) atoms. The van der Waals surface area contributed by atoms with E-state index < -0.39 is 0 Å². The average molecular weight is 340 g/mol. The minimum atomic E-state index is -0.222. The standard InChI is InChI=1S/C17H20N6O2/c1-11(2)9-12-10-14(22-21-12)16(24)19-8-6-15-20-17(25-23-15)13-5-3-4-7-18-13/h3-5,7,10-11H,6,8-9H2,1-2H3,(H,19,24)(H,21,22). The van der Waals surface area contributed by atoms with Gasteiger partial charge in [-0.2, -0.15) is 10.1 Å². The number of amides is 1. The van der Waals surface area contributed by atoms with E-state index in [9.17, 15) is 4.79 Å². The van der Waals surface area contributed by atoms with Gasteiger partial charge >= 0.3 is 0 Å². The topological polar surface area (TPSA) is 110 Å². The zero-order chi connectivity index (χ0) is 17.6. The van der Waals surface area contributed by atoms with Gasteiger partial charge < -0.3 is 9.84 Å². The Balaban J connectivity index is 1.50. The SMILES string of the molecule is CC(C)Cc1cc(C(=O)NCCc2noc(-c3ccccn3)n2)n[nH]1. The number of pyridine rings is 1. The maximum atomic E-state index is 12.1. The minimum absolute atomic E-state index is 0.222. The van der Waals surface area contributed by atoms with Crippen molar-refractivity contribution in [1.82, 2.24) is 30.6 Å². The van der Waals surface area contributed by atoms with E-state index in [4.69, 9.17) is 4.52 Å². The van der Waals surface area contributed by atoms with Crippen molar-refractivity contribution in [1.29, 1.82) is 0 Å². The molecule has 3 heterocycles. The Labute approximate surface area is 145 Å². The molecule has 1 amide bonds. The fraction of sp³-hybridized carbons (Fsp3) is 0.353. The second kappa shape index (κ2) is 7.69. The molecule has 3 aromatic heterocycles. The average Bonchev–Trinajstić information content (AvgIpc) is 3.25. The number of H-pyrrole nitrogens is 1. The monoisotopic (exact) mass is 340 g/mol. The third-order valence-corrected chi connectivity index (χ3v) is 3.48. The first-order chi connectivity index (χ1) is 12.1. The third-order valence-electron chi connectivity index (χ3n) is 3.48. The van der Waals surface area contributed by atoms with E-state index in [0.29, 0.717) is 42.0 Å². The van der Waals surface area contributed by atoms with E-state index in [2.05, 4.69) is 44.5 Å². The van der Waals surface area contributed by atoms with Crippen molar-refractivity contribution in [3.05, 3.63) is 47.7 Å². The number of nitrogens with one attached hydrogen (secondary N) is 2. The van der Waals surface area contributed by atoms with Crippen LogP contribution in [0.25, 0.3) is 11.6 Å². The maximum Gasteiger partial charge on any atom is 0.276 e. The van der Waals surface area contributed by atoms with Crippen LogP contribution in [0.15, 0.2) is 35.0 Å². The van der Waals surface area contributed by atoms with E-state index in [0.717, 1.165) is 12.1 Å². The lowest BCUT2D eigenvalue weighted by Crippen LogP contribution is -2.26. The fourth-order valence-corrected chi connectivity index (χ4v) is 2.35. The second-order valence-corrected chi connectivity index (χ2v) is 6.11. The van der Waals surface area contributed by atoms with Crippen LogP contribution >= 0.6 is 0 Å². The van der Waals surface area contributed by atoms with Gasteiger partial charge in [-0.05, 0) is 30.5 Å². The van der Waals surface area contributed by atoms with Crippen LogP contribution in [0.2, 0.25) is 0 Å². The maximum absolute atomic E-state index is 12.1. The van der Waals surface area contributed by atoms with E-state index in [1.54, 1.807) is 18.3 Å². The second-order valence-electron chi connectivity index (χ2n) is 6.11. The number of carbonyl (C=O) groups excluding carboxylic acids is 1. The molecule has 0 saturated heterocycles. The molecule has 0 bridgehead atoms. The van der Waals surface area contributed by atoms with Crippen molar-refractivity contribution in [2.45, 2.75) is 26.7 Å². The highest BCUT2D eigenvalue weighted by Crippen LogP contribution is 2.13. The van der Waals surface area contributed by atoms with Gasteiger partial charge in [0, 0.05) is 24.9 Å². The highest BCUT2D eigenvalue weighted by Gasteiger charge is 2.13. The molecule has 0 fully saturated rings. The van der Waals surface area contributed by atoms with Crippen LogP contribution in [0.5, 0.6) is 0 Å². The molecule has 0 aliphatic carbocycles. The number of nitrogens with zero attached hydrogens (tertiary/aromatic N) is 4. The van der Waals surface area contributed by atoms with Gasteiger partial charge in [-0.15, -0.1) is 0 Å². The Morgan fingerprint density at radius 1 is 1.36 bits per heavy atom. The summed E-state index contributed by atoms with van der Waals surface area (Å²) in [6.45, 7) is 4.63. The molecular formula is C17H20N6O2. The lowest BCUT2D eigenvalue weighted by Gasteiger charge is -2.00. The number of carbonyl (C=O) groups is 1. The van der Waals surface area contributed by atoms with Gasteiger partial charge in [0.2, 0.25) is 0 Å². The van der Waals surface area contributed by atoms with Crippen LogP contribution in [0.4, 0.5) is 0 Å². The van der Waals surface area contributed by atoms with Crippen molar-refractivity contribution < 1.29 is 9.32 Å². The summed E-state index contributed by atoms with van der Waals surface area (Å²) in [5.74, 6) is 1.17.